The number of hydrogen-bond acceptors (Lipinski definition) is 5. The Morgan fingerprint density at radius 3 is 2.14 bits per heavy atom. The van der Waals surface area contributed by atoms with E-state index >= 15 is 0 Å². The van der Waals surface area contributed by atoms with Crippen molar-refractivity contribution in [2.24, 2.45) is 4.99 Å². The molecule has 1 fully saturated rings. The maximum atomic E-state index is 7.06. The summed E-state index contributed by atoms with van der Waals surface area (Å²) in [6, 6.07) is 30.2. The van der Waals surface area contributed by atoms with Crippen molar-refractivity contribution in [2.75, 3.05) is 47.9 Å². The number of piperazine rings is 1. The van der Waals surface area contributed by atoms with Crippen molar-refractivity contribution in [1.82, 2.24) is 0 Å². The molecular formula is C32H32N4O. The number of likely N-dealkylation sites (N-methyl/N-ethyl adjacent to an activating group) is 1. The smallest absolute Gasteiger partial charge is 0.228 e. The Kier molecular flexibility index (Phi) is 4.81. The minimum atomic E-state index is -0.685. The zero-order valence-electron chi connectivity index (χ0n) is 21.7. The second-order valence-corrected chi connectivity index (χ2v) is 10.9. The largest absolute Gasteiger partial charge is 0.459 e. The van der Waals surface area contributed by atoms with E-state index in [-0.39, 0.29) is 5.41 Å². The fourth-order valence-corrected chi connectivity index (χ4v) is 6.51. The summed E-state index contributed by atoms with van der Waals surface area (Å²) in [6.45, 7) is 8.42. The van der Waals surface area contributed by atoms with Crippen molar-refractivity contribution < 1.29 is 4.74 Å². The van der Waals surface area contributed by atoms with Gasteiger partial charge in [0.25, 0.3) is 0 Å². The van der Waals surface area contributed by atoms with Gasteiger partial charge in [0.2, 0.25) is 5.72 Å². The summed E-state index contributed by atoms with van der Waals surface area (Å²) in [5.74, 6) is 0.856. The molecule has 0 saturated carbocycles. The van der Waals surface area contributed by atoms with Crippen LogP contribution in [0, 0.1) is 0 Å². The molecule has 1 saturated heterocycles. The number of rotatable bonds is 2. The van der Waals surface area contributed by atoms with Crippen LogP contribution in [0.1, 0.15) is 19.4 Å². The van der Waals surface area contributed by atoms with Crippen molar-refractivity contribution in [3.8, 4) is 5.75 Å². The normalized spacial score (nSPS) is 21.8. The van der Waals surface area contributed by atoms with E-state index in [1.165, 1.54) is 28.0 Å². The third-order valence-electron chi connectivity index (χ3n) is 8.67. The fourth-order valence-electron chi connectivity index (χ4n) is 6.51. The van der Waals surface area contributed by atoms with E-state index in [0.717, 1.165) is 43.0 Å². The maximum absolute atomic E-state index is 7.06. The second kappa shape index (κ2) is 8.01. The molecule has 5 nitrogen and oxygen atoms in total. The summed E-state index contributed by atoms with van der Waals surface area (Å²) in [6.07, 6.45) is 2.03. The SMILES string of the molecule is CN1c2ccccc2C(C)(C)C12C=Nc1c(cc(N3CCN(c4ccccc4)CC3)c3ccccc13)O2. The van der Waals surface area contributed by atoms with Crippen molar-refractivity contribution in [2.45, 2.75) is 25.0 Å². The van der Waals surface area contributed by atoms with Crippen LogP contribution in [0.15, 0.2) is 89.9 Å². The minimum absolute atomic E-state index is 0.271. The van der Waals surface area contributed by atoms with E-state index in [2.05, 4.69) is 121 Å². The maximum Gasteiger partial charge on any atom is 0.228 e. The lowest BCUT2D eigenvalue weighted by Gasteiger charge is -2.45. The lowest BCUT2D eigenvalue weighted by Crippen LogP contribution is -2.61. The third-order valence-corrected chi connectivity index (χ3v) is 8.67. The first-order valence-corrected chi connectivity index (χ1v) is 13.2. The Morgan fingerprint density at radius 2 is 1.38 bits per heavy atom. The number of para-hydroxylation sites is 2. The number of nitrogens with zero attached hydrogens (tertiary/aromatic N) is 4. The van der Waals surface area contributed by atoms with E-state index in [0.29, 0.717) is 0 Å². The molecule has 5 heteroatoms. The van der Waals surface area contributed by atoms with E-state index in [1.54, 1.807) is 0 Å². The van der Waals surface area contributed by atoms with Crippen molar-refractivity contribution >= 4 is 39.7 Å². The Bertz CT molecular complexity index is 1520. The molecule has 3 aliphatic rings. The predicted octanol–water partition coefficient (Wildman–Crippen LogP) is 6.39. The average Bonchev–Trinajstić information content (AvgIpc) is 3.11. The third kappa shape index (κ3) is 3.13. The molecule has 7 rings (SSSR count). The first-order chi connectivity index (χ1) is 18.0. The van der Waals surface area contributed by atoms with Gasteiger partial charge in [-0.3, -0.25) is 4.99 Å². The Morgan fingerprint density at radius 1 is 0.730 bits per heavy atom. The zero-order chi connectivity index (χ0) is 25.2. The molecule has 186 valence electrons. The van der Waals surface area contributed by atoms with Crippen LogP contribution < -0.4 is 19.4 Å². The van der Waals surface area contributed by atoms with Gasteiger partial charge in [-0.25, -0.2) is 0 Å². The number of benzene rings is 4. The van der Waals surface area contributed by atoms with E-state index in [4.69, 9.17) is 9.73 Å². The van der Waals surface area contributed by atoms with Crippen LogP contribution in [0.2, 0.25) is 0 Å². The molecule has 1 unspecified atom stereocenters. The molecular weight excluding hydrogens is 456 g/mol. The van der Waals surface area contributed by atoms with Gasteiger partial charge in [-0.05, 0) is 37.6 Å². The molecule has 0 aromatic heterocycles. The highest BCUT2D eigenvalue weighted by atomic mass is 16.5. The Labute approximate surface area is 218 Å². The molecule has 4 aromatic carbocycles. The van der Waals surface area contributed by atoms with Crippen LogP contribution in [0.3, 0.4) is 0 Å². The standard InChI is InChI=1S/C32H32N4O/c1-31(2)26-15-9-10-16-27(26)34(3)32(31)22-33-30-25-14-8-7-13-24(25)28(21-29(30)37-32)36-19-17-35(18-20-36)23-11-5-4-6-12-23/h4-16,21-22H,17-20H2,1-3H3. The van der Waals surface area contributed by atoms with Gasteiger partial charge in [-0.2, -0.15) is 0 Å². The van der Waals surface area contributed by atoms with Gasteiger partial charge in [-0.15, -0.1) is 0 Å². The van der Waals surface area contributed by atoms with Gasteiger partial charge in [0, 0.05) is 67.1 Å². The molecule has 3 aliphatic heterocycles. The summed E-state index contributed by atoms with van der Waals surface area (Å²) in [7, 11) is 2.12. The van der Waals surface area contributed by atoms with E-state index in [1.807, 2.05) is 6.21 Å². The molecule has 0 bridgehead atoms. The van der Waals surface area contributed by atoms with Gasteiger partial charge in [0.1, 0.15) is 5.69 Å². The number of anilines is 3. The summed E-state index contributed by atoms with van der Waals surface area (Å²) in [4.78, 5) is 12.3. The highest BCUT2D eigenvalue weighted by Gasteiger charge is 2.58. The molecule has 0 N–H and O–H groups in total. The van der Waals surface area contributed by atoms with Crippen LogP contribution in [-0.2, 0) is 5.41 Å². The molecule has 4 aromatic rings. The van der Waals surface area contributed by atoms with Gasteiger partial charge in [0.05, 0.1) is 11.6 Å². The van der Waals surface area contributed by atoms with Crippen LogP contribution in [0.5, 0.6) is 5.75 Å². The van der Waals surface area contributed by atoms with Gasteiger partial charge in [-0.1, -0.05) is 60.7 Å². The lowest BCUT2D eigenvalue weighted by atomic mass is 9.77. The molecule has 1 spiro atoms. The van der Waals surface area contributed by atoms with Crippen LogP contribution in [0.25, 0.3) is 10.8 Å². The highest BCUT2D eigenvalue weighted by Crippen LogP contribution is 2.55. The zero-order valence-corrected chi connectivity index (χ0v) is 21.7. The first-order valence-electron chi connectivity index (χ1n) is 13.2. The number of aliphatic imine (C=N–C) groups is 1. The quantitative estimate of drug-likeness (QED) is 0.327. The van der Waals surface area contributed by atoms with Crippen molar-refractivity contribution in [1.29, 1.82) is 0 Å². The predicted molar refractivity (Wildman–Crippen MR) is 154 cm³/mol. The summed E-state index contributed by atoms with van der Waals surface area (Å²) in [5.41, 5.74) is 4.97. The molecule has 3 heterocycles. The summed E-state index contributed by atoms with van der Waals surface area (Å²) in [5, 5.41) is 2.37. The van der Waals surface area contributed by atoms with Crippen molar-refractivity contribution in [3.63, 3.8) is 0 Å². The monoisotopic (exact) mass is 488 g/mol. The van der Waals surface area contributed by atoms with Gasteiger partial charge in [0.15, 0.2) is 5.75 Å². The van der Waals surface area contributed by atoms with Crippen LogP contribution >= 0.6 is 0 Å². The highest BCUT2D eigenvalue weighted by molar-refractivity contribution is 6.06. The lowest BCUT2D eigenvalue weighted by molar-refractivity contribution is 0.0827. The second-order valence-electron chi connectivity index (χ2n) is 10.9. The topological polar surface area (TPSA) is 31.3 Å². The van der Waals surface area contributed by atoms with Crippen LogP contribution in [0.4, 0.5) is 22.7 Å². The number of ether oxygens (including phenoxy) is 1. The Balaban J connectivity index is 1.28. The van der Waals surface area contributed by atoms with Crippen molar-refractivity contribution in [3.05, 3.63) is 90.5 Å². The van der Waals surface area contributed by atoms with E-state index in [9.17, 15) is 0 Å². The van der Waals surface area contributed by atoms with Gasteiger partial charge < -0.3 is 19.4 Å². The van der Waals surface area contributed by atoms with Gasteiger partial charge >= 0.3 is 0 Å². The van der Waals surface area contributed by atoms with Crippen LogP contribution in [-0.4, -0.2) is 45.2 Å². The number of fused-ring (bicyclic) bond motifs is 4. The summed E-state index contributed by atoms with van der Waals surface area (Å²) >= 11 is 0. The average molecular weight is 489 g/mol. The molecule has 0 amide bonds. The minimum Gasteiger partial charge on any atom is -0.459 e. The number of hydrogen-bond donors (Lipinski definition) is 0. The molecule has 37 heavy (non-hydrogen) atoms. The molecule has 0 aliphatic carbocycles. The molecule has 1 atom stereocenters. The fraction of sp³-hybridized carbons (Fsp3) is 0.281. The molecule has 0 radical (unpaired) electrons. The van der Waals surface area contributed by atoms with E-state index < -0.39 is 5.72 Å². The summed E-state index contributed by atoms with van der Waals surface area (Å²) < 4.78 is 7.06. The Hall–Kier alpha value is -3.99. The first kappa shape index (κ1) is 22.2.